The first-order chi connectivity index (χ1) is 14.1. The number of benzene rings is 2. The first kappa shape index (κ1) is 19.1. The third-order valence-electron chi connectivity index (χ3n) is 4.03. The molecule has 148 valence electrons. The molecule has 29 heavy (non-hydrogen) atoms. The van der Waals surface area contributed by atoms with E-state index in [9.17, 15) is 4.39 Å². The van der Waals surface area contributed by atoms with Crippen LogP contribution in [0.5, 0.6) is 5.75 Å². The van der Waals surface area contributed by atoms with Crippen LogP contribution in [0.1, 0.15) is 22.8 Å². The number of halogens is 1. The Balaban J connectivity index is 1.33. The Morgan fingerprint density at radius 1 is 1.07 bits per heavy atom. The minimum atomic E-state index is -0.321. The second-order valence-corrected chi connectivity index (χ2v) is 7.26. The van der Waals surface area contributed by atoms with Gasteiger partial charge < -0.3 is 13.7 Å². The van der Waals surface area contributed by atoms with Crippen molar-refractivity contribution in [1.29, 1.82) is 0 Å². The number of nitrogens with zero attached hydrogens (tertiary/aromatic N) is 4. The van der Waals surface area contributed by atoms with Gasteiger partial charge in [0, 0.05) is 5.56 Å². The van der Waals surface area contributed by atoms with E-state index in [0.29, 0.717) is 34.1 Å². The summed E-state index contributed by atoms with van der Waals surface area (Å²) >= 11 is 1.29. The highest BCUT2D eigenvalue weighted by atomic mass is 32.2. The van der Waals surface area contributed by atoms with Gasteiger partial charge in [0.15, 0.2) is 12.4 Å². The van der Waals surface area contributed by atoms with Gasteiger partial charge in [0.2, 0.25) is 0 Å². The minimum Gasteiger partial charge on any atom is -0.484 e. The summed E-state index contributed by atoms with van der Waals surface area (Å²) < 4.78 is 29.6. The van der Waals surface area contributed by atoms with E-state index in [0.717, 1.165) is 16.9 Å². The van der Waals surface area contributed by atoms with E-state index in [-0.39, 0.29) is 12.4 Å². The van der Waals surface area contributed by atoms with Crippen LogP contribution in [0.4, 0.5) is 4.39 Å². The standard InChI is InChI=1S/C20H17FN4O3S/c1-12-3-4-13(2)16(9-12)26-10-18-23-24-20(27-18)29-11-17-22-19(28-25-17)14-5-7-15(21)8-6-14/h3-9H,10-11H2,1-2H3. The van der Waals surface area contributed by atoms with Crippen LogP contribution in [0.2, 0.25) is 0 Å². The topological polar surface area (TPSA) is 87.1 Å². The fourth-order valence-corrected chi connectivity index (χ4v) is 3.13. The van der Waals surface area contributed by atoms with Crippen molar-refractivity contribution in [2.24, 2.45) is 0 Å². The lowest BCUT2D eigenvalue weighted by molar-refractivity contribution is 0.250. The van der Waals surface area contributed by atoms with Gasteiger partial charge in [0.1, 0.15) is 11.6 Å². The molecule has 0 saturated carbocycles. The minimum absolute atomic E-state index is 0.189. The molecule has 0 bridgehead atoms. The van der Waals surface area contributed by atoms with Crippen molar-refractivity contribution >= 4 is 11.8 Å². The van der Waals surface area contributed by atoms with Crippen molar-refractivity contribution in [1.82, 2.24) is 20.3 Å². The van der Waals surface area contributed by atoms with Crippen LogP contribution >= 0.6 is 11.8 Å². The largest absolute Gasteiger partial charge is 0.484 e. The molecular formula is C20H17FN4O3S. The predicted molar refractivity (Wildman–Crippen MR) is 104 cm³/mol. The highest BCUT2D eigenvalue weighted by molar-refractivity contribution is 7.98. The zero-order valence-electron chi connectivity index (χ0n) is 15.8. The van der Waals surface area contributed by atoms with Gasteiger partial charge in [0.25, 0.3) is 17.0 Å². The molecule has 0 aliphatic rings. The number of hydrogen-bond donors (Lipinski definition) is 0. The van der Waals surface area contributed by atoms with Crippen molar-refractivity contribution in [2.45, 2.75) is 31.4 Å². The monoisotopic (exact) mass is 412 g/mol. The van der Waals surface area contributed by atoms with E-state index in [2.05, 4.69) is 20.3 Å². The summed E-state index contributed by atoms with van der Waals surface area (Å²) in [5.41, 5.74) is 2.81. The van der Waals surface area contributed by atoms with E-state index in [4.69, 9.17) is 13.7 Å². The van der Waals surface area contributed by atoms with Crippen LogP contribution in [0.15, 0.2) is 56.6 Å². The highest BCUT2D eigenvalue weighted by Gasteiger charge is 2.13. The van der Waals surface area contributed by atoms with Crippen molar-refractivity contribution in [3.8, 4) is 17.2 Å². The maximum atomic E-state index is 13.0. The third-order valence-corrected chi connectivity index (χ3v) is 4.84. The SMILES string of the molecule is Cc1ccc(C)c(OCc2nnc(SCc3noc(-c4ccc(F)cc4)n3)o2)c1. The molecule has 9 heteroatoms. The molecular weight excluding hydrogens is 395 g/mol. The van der Waals surface area contributed by atoms with Crippen LogP contribution in [0, 0.1) is 19.7 Å². The number of hydrogen-bond acceptors (Lipinski definition) is 8. The first-order valence-electron chi connectivity index (χ1n) is 8.80. The van der Waals surface area contributed by atoms with Crippen molar-refractivity contribution in [2.75, 3.05) is 0 Å². The average molecular weight is 412 g/mol. The summed E-state index contributed by atoms with van der Waals surface area (Å²) in [5.74, 6) is 2.04. The Morgan fingerprint density at radius 2 is 1.90 bits per heavy atom. The summed E-state index contributed by atoms with van der Waals surface area (Å²) in [6.45, 7) is 4.18. The number of ether oxygens (including phenoxy) is 1. The van der Waals surface area contributed by atoms with Gasteiger partial charge >= 0.3 is 0 Å². The normalized spacial score (nSPS) is 11.0. The quantitative estimate of drug-likeness (QED) is 0.402. The smallest absolute Gasteiger partial charge is 0.277 e. The highest BCUT2D eigenvalue weighted by Crippen LogP contribution is 2.24. The molecule has 4 rings (SSSR count). The molecule has 0 saturated heterocycles. The maximum absolute atomic E-state index is 13.0. The van der Waals surface area contributed by atoms with Gasteiger partial charge in [0.05, 0.1) is 5.75 Å². The number of rotatable bonds is 7. The van der Waals surface area contributed by atoms with Crippen LogP contribution in [0.3, 0.4) is 0 Å². The summed E-state index contributed by atoms with van der Waals surface area (Å²) in [6, 6.07) is 11.9. The summed E-state index contributed by atoms with van der Waals surface area (Å²) in [7, 11) is 0. The average Bonchev–Trinajstić information content (AvgIpc) is 3.37. The first-order valence-corrected chi connectivity index (χ1v) is 9.79. The molecule has 0 unspecified atom stereocenters. The molecule has 0 amide bonds. The van der Waals surface area contributed by atoms with Crippen molar-refractivity contribution in [3.63, 3.8) is 0 Å². The van der Waals surface area contributed by atoms with Gasteiger partial charge in [-0.25, -0.2) is 4.39 Å². The van der Waals surface area contributed by atoms with Gasteiger partial charge in [-0.3, -0.25) is 0 Å². The lowest BCUT2D eigenvalue weighted by Gasteiger charge is -2.07. The summed E-state index contributed by atoms with van der Waals surface area (Å²) in [4.78, 5) is 4.29. The molecule has 2 heterocycles. The lowest BCUT2D eigenvalue weighted by atomic mass is 10.1. The van der Waals surface area contributed by atoms with Gasteiger partial charge in [-0.2, -0.15) is 4.98 Å². The van der Waals surface area contributed by atoms with E-state index in [1.807, 2.05) is 32.0 Å². The third kappa shape index (κ3) is 4.80. The molecule has 0 spiro atoms. The van der Waals surface area contributed by atoms with Crippen LogP contribution < -0.4 is 4.74 Å². The van der Waals surface area contributed by atoms with E-state index in [1.165, 1.54) is 23.9 Å². The van der Waals surface area contributed by atoms with Gasteiger partial charge in [-0.05, 0) is 55.3 Å². The van der Waals surface area contributed by atoms with Crippen LogP contribution in [-0.4, -0.2) is 20.3 Å². The molecule has 0 aliphatic heterocycles. The summed E-state index contributed by atoms with van der Waals surface area (Å²) in [5, 5.41) is 12.3. The van der Waals surface area contributed by atoms with Crippen molar-refractivity contribution in [3.05, 3.63) is 71.1 Å². The van der Waals surface area contributed by atoms with Gasteiger partial charge in [-0.1, -0.05) is 29.1 Å². The lowest BCUT2D eigenvalue weighted by Crippen LogP contribution is -1.97. The molecule has 2 aromatic heterocycles. The molecule has 0 N–H and O–H groups in total. The molecule has 0 atom stereocenters. The van der Waals surface area contributed by atoms with Gasteiger partial charge in [-0.15, -0.1) is 10.2 Å². The zero-order valence-corrected chi connectivity index (χ0v) is 16.6. The van der Waals surface area contributed by atoms with Crippen LogP contribution in [0.25, 0.3) is 11.5 Å². The molecule has 0 aliphatic carbocycles. The van der Waals surface area contributed by atoms with E-state index >= 15 is 0 Å². The maximum Gasteiger partial charge on any atom is 0.277 e. The molecule has 2 aromatic carbocycles. The van der Waals surface area contributed by atoms with E-state index < -0.39 is 0 Å². The number of aromatic nitrogens is 4. The molecule has 4 aromatic rings. The van der Waals surface area contributed by atoms with E-state index in [1.54, 1.807) is 12.1 Å². The van der Waals surface area contributed by atoms with Crippen molar-refractivity contribution < 1.29 is 18.1 Å². The summed E-state index contributed by atoms with van der Waals surface area (Å²) in [6.07, 6.45) is 0. The second-order valence-electron chi connectivity index (χ2n) is 6.33. The Labute approximate surface area is 170 Å². The Kier molecular flexibility index (Phi) is 5.57. The molecule has 7 nitrogen and oxygen atoms in total. The Morgan fingerprint density at radius 3 is 2.72 bits per heavy atom. The molecule has 0 fully saturated rings. The predicted octanol–water partition coefficient (Wildman–Crippen LogP) is 4.75. The fourth-order valence-electron chi connectivity index (χ4n) is 2.51. The second kappa shape index (κ2) is 8.44. The number of aryl methyl sites for hydroxylation is 2. The Hall–Kier alpha value is -3.20. The molecule has 0 radical (unpaired) electrons. The zero-order chi connectivity index (χ0) is 20.2. The number of thioether (sulfide) groups is 1. The van der Waals surface area contributed by atoms with Crippen LogP contribution in [-0.2, 0) is 12.4 Å². The fraction of sp³-hybridized carbons (Fsp3) is 0.200. The Bertz CT molecular complexity index is 1110.